The first-order valence-electron chi connectivity index (χ1n) is 9.22. The third-order valence-electron chi connectivity index (χ3n) is 5.29. The molecule has 0 unspecified atom stereocenters. The Morgan fingerprint density at radius 3 is 2.88 bits per heavy atom. The van der Waals surface area contributed by atoms with Crippen LogP contribution in [-0.2, 0) is 6.42 Å². The molecule has 3 aromatic rings. The topological polar surface area (TPSA) is 52.8 Å². The number of nitrogens with zero attached hydrogens (tertiary/aromatic N) is 4. The van der Waals surface area contributed by atoms with E-state index in [1.807, 2.05) is 6.07 Å². The van der Waals surface area contributed by atoms with Gasteiger partial charge in [-0.3, -0.25) is 9.97 Å². The zero-order valence-electron chi connectivity index (χ0n) is 15.0. The molecule has 1 fully saturated rings. The largest absolute Gasteiger partial charge is 0.300 e. The summed E-state index contributed by atoms with van der Waals surface area (Å²) in [5.74, 6) is 0. The SMILES string of the molecule is C[C@@H]1CCCN1CCc1ccc2cc(-c3cncc(C#N)c3)ccc2n1. The number of aromatic nitrogens is 2. The Kier molecular flexibility index (Phi) is 4.64. The van der Waals surface area contributed by atoms with Crippen LogP contribution in [0, 0.1) is 11.3 Å². The van der Waals surface area contributed by atoms with Gasteiger partial charge in [-0.2, -0.15) is 5.26 Å². The first-order valence-corrected chi connectivity index (χ1v) is 9.22. The fourth-order valence-electron chi connectivity index (χ4n) is 3.73. The standard InChI is InChI=1S/C22H22N4/c1-16-3-2-9-26(16)10-8-21-6-4-19-12-18(5-7-22(19)25-21)20-11-17(13-23)14-24-15-20/h4-7,11-12,14-16H,2-3,8-10H2,1H3/t16-/m1/s1. The molecule has 2 aromatic heterocycles. The van der Waals surface area contributed by atoms with Crippen LogP contribution in [0.4, 0.5) is 0 Å². The number of likely N-dealkylation sites (tertiary alicyclic amines) is 1. The molecular weight excluding hydrogens is 320 g/mol. The lowest BCUT2D eigenvalue weighted by molar-refractivity contribution is 0.271. The summed E-state index contributed by atoms with van der Waals surface area (Å²) in [5.41, 5.74) is 4.76. The van der Waals surface area contributed by atoms with E-state index < -0.39 is 0 Å². The van der Waals surface area contributed by atoms with E-state index in [2.05, 4.69) is 53.2 Å². The number of benzene rings is 1. The Balaban J connectivity index is 1.55. The quantitative estimate of drug-likeness (QED) is 0.713. The molecule has 0 radical (unpaired) electrons. The summed E-state index contributed by atoms with van der Waals surface area (Å²) in [6, 6.07) is 15.2. The monoisotopic (exact) mass is 342 g/mol. The molecule has 0 amide bonds. The number of nitriles is 1. The number of rotatable bonds is 4. The van der Waals surface area contributed by atoms with Crippen molar-refractivity contribution in [2.45, 2.75) is 32.2 Å². The van der Waals surface area contributed by atoms with Gasteiger partial charge < -0.3 is 4.90 Å². The minimum atomic E-state index is 0.576. The summed E-state index contributed by atoms with van der Waals surface area (Å²) < 4.78 is 0. The number of fused-ring (bicyclic) bond motifs is 1. The summed E-state index contributed by atoms with van der Waals surface area (Å²) >= 11 is 0. The van der Waals surface area contributed by atoms with Gasteiger partial charge in [0.25, 0.3) is 0 Å². The van der Waals surface area contributed by atoms with Crippen molar-refractivity contribution < 1.29 is 0 Å². The highest BCUT2D eigenvalue weighted by atomic mass is 15.2. The highest BCUT2D eigenvalue weighted by molar-refractivity contribution is 5.84. The van der Waals surface area contributed by atoms with Gasteiger partial charge in [0, 0.05) is 48.0 Å². The smallest absolute Gasteiger partial charge is 0.101 e. The normalized spacial score (nSPS) is 17.5. The van der Waals surface area contributed by atoms with E-state index in [4.69, 9.17) is 10.2 Å². The molecule has 1 saturated heterocycles. The third kappa shape index (κ3) is 3.44. The first-order chi connectivity index (χ1) is 12.7. The van der Waals surface area contributed by atoms with E-state index in [9.17, 15) is 0 Å². The molecule has 0 bridgehead atoms. The lowest BCUT2D eigenvalue weighted by Crippen LogP contribution is -2.29. The van der Waals surface area contributed by atoms with Gasteiger partial charge in [0.2, 0.25) is 0 Å². The van der Waals surface area contributed by atoms with Gasteiger partial charge in [-0.1, -0.05) is 12.1 Å². The van der Waals surface area contributed by atoms with Crippen molar-refractivity contribution in [3.05, 3.63) is 60.0 Å². The van der Waals surface area contributed by atoms with Crippen LogP contribution in [0.3, 0.4) is 0 Å². The van der Waals surface area contributed by atoms with Crippen LogP contribution in [0.25, 0.3) is 22.0 Å². The van der Waals surface area contributed by atoms with Crippen molar-refractivity contribution in [3.8, 4) is 17.2 Å². The van der Waals surface area contributed by atoms with Crippen molar-refractivity contribution in [1.82, 2.24) is 14.9 Å². The molecule has 0 spiro atoms. The van der Waals surface area contributed by atoms with E-state index >= 15 is 0 Å². The van der Waals surface area contributed by atoms with Crippen molar-refractivity contribution in [2.24, 2.45) is 0 Å². The predicted octanol–water partition coefficient (Wildman–Crippen LogP) is 4.20. The van der Waals surface area contributed by atoms with E-state index in [0.717, 1.165) is 40.7 Å². The average Bonchev–Trinajstić information content (AvgIpc) is 3.10. The Bertz CT molecular complexity index is 973. The molecule has 3 heterocycles. The Morgan fingerprint density at radius 1 is 1.15 bits per heavy atom. The van der Waals surface area contributed by atoms with Crippen molar-refractivity contribution in [3.63, 3.8) is 0 Å². The molecule has 1 aliphatic heterocycles. The molecule has 4 heteroatoms. The maximum absolute atomic E-state index is 9.05. The van der Waals surface area contributed by atoms with Gasteiger partial charge in [0.1, 0.15) is 6.07 Å². The molecular formula is C22H22N4. The van der Waals surface area contributed by atoms with E-state index in [1.54, 1.807) is 12.4 Å². The van der Waals surface area contributed by atoms with Crippen LogP contribution in [0.2, 0.25) is 0 Å². The lowest BCUT2D eigenvalue weighted by atomic mass is 10.0. The molecule has 0 N–H and O–H groups in total. The van der Waals surface area contributed by atoms with E-state index in [0.29, 0.717) is 11.6 Å². The fourth-order valence-corrected chi connectivity index (χ4v) is 3.73. The Hall–Kier alpha value is -2.77. The van der Waals surface area contributed by atoms with Crippen LogP contribution in [0.15, 0.2) is 48.8 Å². The molecule has 0 saturated carbocycles. The predicted molar refractivity (Wildman–Crippen MR) is 104 cm³/mol. The number of hydrogen-bond donors (Lipinski definition) is 0. The van der Waals surface area contributed by atoms with E-state index in [1.165, 1.54) is 19.4 Å². The van der Waals surface area contributed by atoms with Gasteiger partial charge in [0.05, 0.1) is 11.1 Å². The summed E-state index contributed by atoms with van der Waals surface area (Å²) in [6.07, 6.45) is 7.00. The molecule has 130 valence electrons. The minimum Gasteiger partial charge on any atom is -0.300 e. The third-order valence-corrected chi connectivity index (χ3v) is 5.29. The van der Waals surface area contributed by atoms with Crippen LogP contribution < -0.4 is 0 Å². The fraction of sp³-hybridized carbons (Fsp3) is 0.318. The zero-order chi connectivity index (χ0) is 17.9. The molecule has 0 aliphatic carbocycles. The van der Waals surface area contributed by atoms with Crippen LogP contribution in [0.1, 0.15) is 31.0 Å². The van der Waals surface area contributed by atoms with Crippen molar-refractivity contribution in [2.75, 3.05) is 13.1 Å². The van der Waals surface area contributed by atoms with Gasteiger partial charge in [0.15, 0.2) is 0 Å². The molecule has 4 nitrogen and oxygen atoms in total. The maximum atomic E-state index is 9.05. The minimum absolute atomic E-state index is 0.576. The Labute approximate surface area is 154 Å². The van der Waals surface area contributed by atoms with Crippen LogP contribution in [-0.4, -0.2) is 34.0 Å². The van der Waals surface area contributed by atoms with Gasteiger partial charge >= 0.3 is 0 Å². The maximum Gasteiger partial charge on any atom is 0.101 e. The molecule has 1 aliphatic rings. The summed E-state index contributed by atoms with van der Waals surface area (Å²) in [5, 5.41) is 10.2. The van der Waals surface area contributed by atoms with Gasteiger partial charge in [-0.25, -0.2) is 0 Å². The lowest BCUT2D eigenvalue weighted by Gasteiger charge is -2.20. The summed E-state index contributed by atoms with van der Waals surface area (Å²) in [4.78, 5) is 11.5. The van der Waals surface area contributed by atoms with Crippen molar-refractivity contribution in [1.29, 1.82) is 5.26 Å². The molecule has 26 heavy (non-hydrogen) atoms. The molecule has 1 aromatic carbocycles. The first kappa shape index (κ1) is 16.7. The molecule has 4 rings (SSSR count). The highest BCUT2D eigenvalue weighted by Gasteiger charge is 2.19. The second kappa shape index (κ2) is 7.23. The Morgan fingerprint density at radius 2 is 2.08 bits per heavy atom. The summed E-state index contributed by atoms with van der Waals surface area (Å²) in [6.45, 7) is 4.62. The average molecular weight is 342 g/mol. The highest BCUT2D eigenvalue weighted by Crippen LogP contribution is 2.24. The zero-order valence-corrected chi connectivity index (χ0v) is 15.0. The number of hydrogen-bond acceptors (Lipinski definition) is 4. The van der Waals surface area contributed by atoms with Gasteiger partial charge in [-0.05, 0) is 56.1 Å². The van der Waals surface area contributed by atoms with Crippen LogP contribution in [0.5, 0.6) is 0 Å². The van der Waals surface area contributed by atoms with E-state index in [-0.39, 0.29) is 0 Å². The second-order valence-electron chi connectivity index (χ2n) is 7.06. The molecule has 1 atom stereocenters. The van der Waals surface area contributed by atoms with Gasteiger partial charge in [-0.15, -0.1) is 0 Å². The number of pyridine rings is 2. The van der Waals surface area contributed by atoms with Crippen molar-refractivity contribution >= 4 is 10.9 Å². The van der Waals surface area contributed by atoms with Crippen LogP contribution >= 0.6 is 0 Å². The second-order valence-corrected chi connectivity index (χ2v) is 7.06. The summed E-state index contributed by atoms with van der Waals surface area (Å²) in [7, 11) is 0.